The second-order valence-electron chi connectivity index (χ2n) is 11.2. The average molecular weight is 497 g/mol. The van der Waals surface area contributed by atoms with E-state index in [0.717, 1.165) is 23.3 Å². The van der Waals surface area contributed by atoms with E-state index in [1.54, 1.807) is 14.2 Å². The van der Waals surface area contributed by atoms with Crippen LogP contribution in [0.2, 0.25) is 0 Å². The zero-order valence-electron chi connectivity index (χ0n) is 22.1. The molecule has 3 fully saturated rings. The lowest BCUT2D eigenvalue weighted by Crippen LogP contribution is -2.38. The van der Waals surface area contributed by atoms with E-state index in [1.807, 2.05) is 48.5 Å². The van der Waals surface area contributed by atoms with Crippen molar-refractivity contribution in [3.05, 3.63) is 59.7 Å². The number of hydrogen-bond donors (Lipinski definition) is 1. The minimum Gasteiger partial charge on any atom is -0.496 e. The minimum absolute atomic E-state index is 0.0938. The molecule has 2 bridgehead atoms. The lowest BCUT2D eigenvalue weighted by Gasteiger charge is -2.39. The molecule has 196 valence electrons. The first kappa shape index (κ1) is 25.5. The summed E-state index contributed by atoms with van der Waals surface area (Å²) in [5.74, 6) is 2.59. The highest BCUT2D eigenvalue weighted by atomic mass is 16.7. The Morgan fingerprint density at radius 2 is 1.56 bits per heavy atom. The fourth-order valence-electron chi connectivity index (χ4n) is 7.37. The quantitative estimate of drug-likeness (QED) is 0.455. The van der Waals surface area contributed by atoms with Crippen molar-refractivity contribution in [2.24, 2.45) is 22.7 Å². The van der Waals surface area contributed by atoms with Gasteiger partial charge in [0.1, 0.15) is 23.7 Å². The Kier molecular flexibility index (Phi) is 7.07. The molecule has 6 heteroatoms. The summed E-state index contributed by atoms with van der Waals surface area (Å²) >= 11 is 0. The van der Waals surface area contributed by atoms with Crippen molar-refractivity contribution >= 4 is 0 Å². The van der Waals surface area contributed by atoms with Crippen LogP contribution in [0.25, 0.3) is 0 Å². The summed E-state index contributed by atoms with van der Waals surface area (Å²) in [6.07, 6.45) is 2.15. The molecule has 7 atom stereocenters. The van der Waals surface area contributed by atoms with Crippen molar-refractivity contribution in [1.82, 2.24) is 0 Å². The van der Waals surface area contributed by atoms with Gasteiger partial charge in [-0.1, -0.05) is 57.2 Å². The summed E-state index contributed by atoms with van der Waals surface area (Å²) in [6, 6.07) is 15.7. The van der Waals surface area contributed by atoms with Gasteiger partial charge in [-0.05, 0) is 47.6 Å². The molecule has 5 rings (SSSR count). The van der Waals surface area contributed by atoms with Gasteiger partial charge in [0.15, 0.2) is 6.29 Å². The molecule has 0 radical (unpaired) electrons. The molecule has 0 unspecified atom stereocenters. The fraction of sp³-hybridized carbons (Fsp3) is 0.600. The molecule has 0 spiro atoms. The second-order valence-corrected chi connectivity index (χ2v) is 11.2. The maximum Gasteiger partial charge on any atom is 0.159 e. The normalized spacial score (nSPS) is 31.7. The van der Waals surface area contributed by atoms with Gasteiger partial charge in [-0.2, -0.15) is 0 Å². The molecule has 1 N–H and O–H groups in total. The Labute approximate surface area is 214 Å². The third-order valence-electron chi connectivity index (χ3n) is 9.52. The van der Waals surface area contributed by atoms with Crippen LogP contribution in [0, 0.1) is 22.7 Å². The van der Waals surface area contributed by atoms with Crippen molar-refractivity contribution in [1.29, 1.82) is 0 Å². The molecule has 2 aromatic carbocycles. The second kappa shape index (κ2) is 9.97. The van der Waals surface area contributed by atoms with Crippen molar-refractivity contribution in [2.75, 3.05) is 27.4 Å². The molecule has 1 saturated heterocycles. The third-order valence-corrected chi connectivity index (χ3v) is 9.52. The smallest absolute Gasteiger partial charge is 0.159 e. The first-order valence-corrected chi connectivity index (χ1v) is 13.1. The topological polar surface area (TPSA) is 66.4 Å². The van der Waals surface area contributed by atoms with Crippen LogP contribution in [-0.4, -0.2) is 44.9 Å². The fourth-order valence-corrected chi connectivity index (χ4v) is 7.37. The van der Waals surface area contributed by atoms with Crippen LogP contribution in [0.1, 0.15) is 63.4 Å². The largest absolute Gasteiger partial charge is 0.496 e. The molecular weight excluding hydrogens is 456 g/mol. The van der Waals surface area contributed by atoms with Crippen LogP contribution >= 0.6 is 0 Å². The number of benzene rings is 2. The number of rotatable bonds is 10. The molecule has 2 saturated carbocycles. The van der Waals surface area contributed by atoms with E-state index in [9.17, 15) is 5.11 Å². The number of hydrogen-bond acceptors (Lipinski definition) is 6. The number of para-hydroxylation sites is 2. The summed E-state index contributed by atoms with van der Waals surface area (Å²) in [5, 5.41) is 9.63. The van der Waals surface area contributed by atoms with Crippen molar-refractivity contribution in [2.45, 2.75) is 64.6 Å². The summed E-state index contributed by atoms with van der Waals surface area (Å²) in [7, 11) is 3.32. The number of ether oxygens (including phenoxy) is 5. The summed E-state index contributed by atoms with van der Waals surface area (Å²) in [5.41, 5.74) is 2.18. The van der Waals surface area contributed by atoms with Gasteiger partial charge in [0.2, 0.25) is 0 Å². The van der Waals surface area contributed by atoms with Gasteiger partial charge in [-0.15, -0.1) is 0 Å². The van der Waals surface area contributed by atoms with Gasteiger partial charge in [0, 0.05) is 17.5 Å². The minimum atomic E-state index is -0.530. The van der Waals surface area contributed by atoms with E-state index in [1.165, 1.54) is 12.8 Å². The highest BCUT2D eigenvalue weighted by Gasteiger charge is 2.69. The van der Waals surface area contributed by atoms with Gasteiger partial charge in [-0.3, -0.25) is 0 Å². The first-order valence-electron chi connectivity index (χ1n) is 13.1. The lowest BCUT2D eigenvalue weighted by molar-refractivity contribution is -0.212. The maximum atomic E-state index is 9.63. The maximum absolute atomic E-state index is 9.63. The SMILES string of the molecule is COc1ccccc1[C@@H](O[C@H]1C[C@@H]2[C@H]3CC[C@@](C)([C@@H]2O1)C3(C)C)[C@@H](OCCO)c1ccccc1OC. The van der Waals surface area contributed by atoms with Gasteiger partial charge in [-0.25, -0.2) is 0 Å². The van der Waals surface area contributed by atoms with Gasteiger partial charge in [0.25, 0.3) is 0 Å². The Hall–Kier alpha value is -2.12. The molecule has 0 aromatic heterocycles. The summed E-state index contributed by atoms with van der Waals surface area (Å²) in [4.78, 5) is 0. The van der Waals surface area contributed by atoms with Crippen LogP contribution < -0.4 is 9.47 Å². The third kappa shape index (κ3) is 4.03. The number of methoxy groups -OCH3 is 2. The van der Waals surface area contributed by atoms with Crippen LogP contribution in [-0.2, 0) is 14.2 Å². The molecule has 36 heavy (non-hydrogen) atoms. The Morgan fingerprint density at radius 1 is 0.944 bits per heavy atom. The van der Waals surface area contributed by atoms with E-state index in [4.69, 9.17) is 23.7 Å². The molecule has 1 heterocycles. The molecule has 1 aliphatic heterocycles. The van der Waals surface area contributed by atoms with E-state index < -0.39 is 12.2 Å². The predicted octanol–water partition coefficient (Wildman–Crippen LogP) is 5.70. The van der Waals surface area contributed by atoms with Gasteiger partial charge in [0.05, 0.1) is 33.5 Å². The van der Waals surface area contributed by atoms with E-state index in [0.29, 0.717) is 17.6 Å². The van der Waals surface area contributed by atoms with Crippen molar-refractivity contribution in [3.8, 4) is 11.5 Å². The molecule has 6 nitrogen and oxygen atoms in total. The van der Waals surface area contributed by atoms with Gasteiger partial charge < -0.3 is 28.8 Å². The Balaban J connectivity index is 1.50. The van der Waals surface area contributed by atoms with Crippen LogP contribution in [0.5, 0.6) is 11.5 Å². The van der Waals surface area contributed by atoms with Crippen LogP contribution in [0.3, 0.4) is 0 Å². The monoisotopic (exact) mass is 496 g/mol. The summed E-state index contributed by atoms with van der Waals surface area (Å²) < 4.78 is 31.3. The van der Waals surface area contributed by atoms with E-state index in [2.05, 4.69) is 20.8 Å². The van der Waals surface area contributed by atoms with Crippen LogP contribution in [0.15, 0.2) is 48.5 Å². The van der Waals surface area contributed by atoms with Gasteiger partial charge >= 0.3 is 0 Å². The zero-order chi connectivity index (χ0) is 25.5. The Morgan fingerprint density at radius 3 is 2.14 bits per heavy atom. The van der Waals surface area contributed by atoms with Crippen molar-refractivity contribution in [3.63, 3.8) is 0 Å². The van der Waals surface area contributed by atoms with Crippen molar-refractivity contribution < 1.29 is 28.8 Å². The highest BCUT2D eigenvalue weighted by Crippen LogP contribution is 2.71. The average Bonchev–Trinajstić information content (AvgIpc) is 3.46. The Bertz CT molecular complexity index is 1050. The number of aliphatic hydroxyl groups excluding tert-OH is 1. The standard InChI is InChI=1S/C30H40O6/c1-29(2)22-14-15-30(29,3)28-21(22)18-25(36-28)35-27(20-11-7-9-13-24(20)33-5)26(34-17-16-31)19-10-6-8-12-23(19)32-4/h6-13,21-22,25-28,31H,14-18H2,1-5H3/t21-,22-,25-,26+,27-,28-,30+/m1/s1. The summed E-state index contributed by atoms with van der Waals surface area (Å²) in [6.45, 7) is 7.31. The van der Waals surface area contributed by atoms with Crippen LogP contribution in [0.4, 0.5) is 0 Å². The molecule has 2 aliphatic carbocycles. The first-order chi connectivity index (χ1) is 17.4. The lowest BCUT2D eigenvalue weighted by atomic mass is 9.70. The number of aliphatic hydroxyl groups is 1. The predicted molar refractivity (Wildman–Crippen MR) is 137 cm³/mol. The molecule has 2 aromatic rings. The van der Waals surface area contributed by atoms with E-state index >= 15 is 0 Å². The number of fused-ring (bicyclic) bond motifs is 5. The zero-order valence-corrected chi connectivity index (χ0v) is 22.1. The highest BCUT2D eigenvalue weighted by molar-refractivity contribution is 5.41. The molecule has 0 amide bonds. The molecule has 3 aliphatic rings. The molecular formula is C30H40O6. The van der Waals surface area contributed by atoms with E-state index in [-0.39, 0.29) is 36.4 Å².